The molecular formula is C13H26BrN. The van der Waals surface area contributed by atoms with Gasteiger partial charge in [0, 0.05) is 25.0 Å². The number of likely N-dealkylation sites (tertiary alicyclic amines) is 1. The number of nitrogens with zero attached hydrogens (tertiary/aromatic N) is 1. The molecule has 90 valence electrons. The zero-order chi connectivity index (χ0) is 11.5. The van der Waals surface area contributed by atoms with Crippen LogP contribution in [0.2, 0.25) is 0 Å². The lowest BCUT2D eigenvalue weighted by Crippen LogP contribution is -2.37. The summed E-state index contributed by atoms with van der Waals surface area (Å²) in [6.07, 6.45) is 2.57. The van der Waals surface area contributed by atoms with Crippen molar-refractivity contribution in [3.63, 3.8) is 0 Å². The Morgan fingerprint density at radius 1 is 1.13 bits per heavy atom. The highest BCUT2D eigenvalue weighted by molar-refractivity contribution is 9.09. The van der Waals surface area contributed by atoms with Crippen LogP contribution in [-0.2, 0) is 0 Å². The Kier molecular flexibility index (Phi) is 5.11. The fourth-order valence-electron chi connectivity index (χ4n) is 2.56. The Balaban J connectivity index is 2.53. The minimum Gasteiger partial charge on any atom is -0.302 e. The van der Waals surface area contributed by atoms with Gasteiger partial charge in [0.15, 0.2) is 0 Å². The Hall–Kier alpha value is 0.440. The SMILES string of the molecule is CCC(CC)(CBr)CN1CC(C)C(C)C1. The summed E-state index contributed by atoms with van der Waals surface area (Å²) < 4.78 is 0. The fraction of sp³-hybridized carbons (Fsp3) is 1.00. The highest BCUT2D eigenvalue weighted by Crippen LogP contribution is 2.33. The molecule has 0 aliphatic carbocycles. The van der Waals surface area contributed by atoms with E-state index in [2.05, 4.69) is 48.5 Å². The van der Waals surface area contributed by atoms with E-state index in [1.807, 2.05) is 0 Å². The molecule has 1 fully saturated rings. The van der Waals surface area contributed by atoms with Gasteiger partial charge in [-0.15, -0.1) is 0 Å². The number of alkyl halides is 1. The van der Waals surface area contributed by atoms with Crippen LogP contribution < -0.4 is 0 Å². The van der Waals surface area contributed by atoms with Crippen molar-refractivity contribution in [1.82, 2.24) is 4.90 Å². The summed E-state index contributed by atoms with van der Waals surface area (Å²) in [5.74, 6) is 1.76. The standard InChI is InChI=1S/C13H26BrN/c1-5-13(6-2,9-14)10-15-7-11(3)12(4)8-15/h11-12H,5-10H2,1-4H3. The molecule has 1 saturated heterocycles. The van der Waals surface area contributed by atoms with Crippen LogP contribution in [-0.4, -0.2) is 29.9 Å². The molecule has 1 nitrogen and oxygen atoms in total. The van der Waals surface area contributed by atoms with Gasteiger partial charge in [-0.3, -0.25) is 0 Å². The second-order valence-electron chi connectivity index (χ2n) is 5.49. The topological polar surface area (TPSA) is 3.24 Å². The summed E-state index contributed by atoms with van der Waals surface area (Å²) >= 11 is 3.70. The third-order valence-electron chi connectivity index (χ3n) is 4.41. The van der Waals surface area contributed by atoms with Gasteiger partial charge in [-0.25, -0.2) is 0 Å². The van der Waals surface area contributed by atoms with E-state index in [4.69, 9.17) is 0 Å². The minimum absolute atomic E-state index is 0.504. The molecule has 0 aromatic rings. The molecule has 1 aliphatic rings. The Labute approximate surface area is 104 Å². The van der Waals surface area contributed by atoms with Crippen molar-refractivity contribution in [2.75, 3.05) is 25.0 Å². The Morgan fingerprint density at radius 2 is 1.60 bits per heavy atom. The molecular weight excluding hydrogens is 250 g/mol. The van der Waals surface area contributed by atoms with E-state index in [0.717, 1.165) is 17.2 Å². The van der Waals surface area contributed by atoms with Gasteiger partial charge in [0.2, 0.25) is 0 Å². The van der Waals surface area contributed by atoms with Crippen LogP contribution in [0.25, 0.3) is 0 Å². The van der Waals surface area contributed by atoms with Crippen LogP contribution in [0, 0.1) is 17.3 Å². The van der Waals surface area contributed by atoms with E-state index < -0.39 is 0 Å². The summed E-state index contributed by atoms with van der Waals surface area (Å²) in [6.45, 7) is 13.3. The molecule has 0 radical (unpaired) electrons. The first-order valence-corrected chi connectivity index (χ1v) is 7.47. The first kappa shape index (κ1) is 13.5. The van der Waals surface area contributed by atoms with E-state index in [-0.39, 0.29) is 0 Å². The normalized spacial score (nSPS) is 28.6. The van der Waals surface area contributed by atoms with Crippen LogP contribution in [0.5, 0.6) is 0 Å². The summed E-state index contributed by atoms with van der Waals surface area (Å²) in [6, 6.07) is 0. The van der Waals surface area contributed by atoms with Crippen LogP contribution in [0.15, 0.2) is 0 Å². The number of hydrogen-bond acceptors (Lipinski definition) is 1. The molecule has 1 heterocycles. The van der Waals surface area contributed by atoms with Gasteiger partial charge in [0.05, 0.1) is 0 Å². The van der Waals surface area contributed by atoms with Gasteiger partial charge in [-0.1, -0.05) is 43.6 Å². The Morgan fingerprint density at radius 3 is 1.93 bits per heavy atom. The van der Waals surface area contributed by atoms with E-state index in [0.29, 0.717) is 5.41 Å². The molecule has 0 spiro atoms. The fourth-order valence-corrected chi connectivity index (χ4v) is 3.53. The second-order valence-corrected chi connectivity index (χ2v) is 6.05. The van der Waals surface area contributed by atoms with E-state index in [1.54, 1.807) is 0 Å². The summed E-state index contributed by atoms with van der Waals surface area (Å²) in [5.41, 5.74) is 0.504. The van der Waals surface area contributed by atoms with Gasteiger partial charge >= 0.3 is 0 Å². The van der Waals surface area contributed by atoms with Crippen molar-refractivity contribution in [2.45, 2.75) is 40.5 Å². The predicted octanol–water partition coefficient (Wildman–Crippen LogP) is 3.78. The number of rotatable bonds is 5. The van der Waals surface area contributed by atoms with Crippen molar-refractivity contribution < 1.29 is 0 Å². The smallest absolute Gasteiger partial charge is 0.01000 e. The average molecular weight is 276 g/mol. The van der Waals surface area contributed by atoms with Crippen LogP contribution in [0.4, 0.5) is 0 Å². The first-order chi connectivity index (χ1) is 7.06. The van der Waals surface area contributed by atoms with Crippen LogP contribution in [0.1, 0.15) is 40.5 Å². The molecule has 0 bridgehead atoms. The van der Waals surface area contributed by atoms with Crippen LogP contribution in [0.3, 0.4) is 0 Å². The molecule has 0 aromatic carbocycles. The maximum absolute atomic E-state index is 3.70. The molecule has 2 unspecified atom stereocenters. The number of halogens is 1. The first-order valence-electron chi connectivity index (χ1n) is 6.35. The van der Waals surface area contributed by atoms with Gasteiger partial charge in [0.1, 0.15) is 0 Å². The van der Waals surface area contributed by atoms with Gasteiger partial charge in [-0.05, 0) is 30.1 Å². The lowest BCUT2D eigenvalue weighted by atomic mass is 9.84. The quantitative estimate of drug-likeness (QED) is 0.691. The monoisotopic (exact) mass is 275 g/mol. The number of hydrogen-bond donors (Lipinski definition) is 0. The highest BCUT2D eigenvalue weighted by Gasteiger charge is 2.33. The third kappa shape index (κ3) is 3.20. The second kappa shape index (κ2) is 5.67. The van der Waals surface area contributed by atoms with Gasteiger partial charge in [-0.2, -0.15) is 0 Å². The van der Waals surface area contributed by atoms with Crippen molar-refractivity contribution in [3.05, 3.63) is 0 Å². The average Bonchev–Trinajstić information content (AvgIpc) is 2.55. The van der Waals surface area contributed by atoms with Gasteiger partial charge < -0.3 is 4.90 Å². The molecule has 0 N–H and O–H groups in total. The lowest BCUT2D eigenvalue weighted by Gasteiger charge is -2.34. The van der Waals surface area contributed by atoms with E-state index >= 15 is 0 Å². The molecule has 2 heteroatoms. The Bertz CT molecular complexity index is 171. The maximum atomic E-state index is 3.70. The zero-order valence-electron chi connectivity index (χ0n) is 10.7. The molecule has 0 amide bonds. The minimum atomic E-state index is 0.504. The van der Waals surface area contributed by atoms with Crippen molar-refractivity contribution in [3.8, 4) is 0 Å². The van der Waals surface area contributed by atoms with Crippen LogP contribution >= 0.6 is 15.9 Å². The molecule has 1 aliphatic heterocycles. The van der Waals surface area contributed by atoms with Crippen molar-refractivity contribution in [2.24, 2.45) is 17.3 Å². The maximum Gasteiger partial charge on any atom is 0.01000 e. The summed E-state index contributed by atoms with van der Waals surface area (Å²) in [7, 11) is 0. The summed E-state index contributed by atoms with van der Waals surface area (Å²) in [5, 5.41) is 1.15. The van der Waals surface area contributed by atoms with Gasteiger partial charge in [0.25, 0.3) is 0 Å². The molecule has 15 heavy (non-hydrogen) atoms. The zero-order valence-corrected chi connectivity index (χ0v) is 12.3. The largest absolute Gasteiger partial charge is 0.302 e. The van der Waals surface area contributed by atoms with E-state index in [1.165, 1.54) is 32.5 Å². The highest BCUT2D eigenvalue weighted by atomic mass is 79.9. The predicted molar refractivity (Wildman–Crippen MR) is 71.6 cm³/mol. The molecule has 0 aromatic heterocycles. The third-order valence-corrected chi connectivity index (χ3v) is 5.60. The van der Waals surface area contributed by atoms with Crippen molar-refractivity contribution in [1.29, 1.82) is 0 Å². The molecule has 2 atom stereocenters. The van der Waals surface area contributed by atoms with Crippen molar-refractivity contribution >= 4 is 15.9 Å². The molecule has 1 rings (SSSR count). The molecule has 0 saturated carbocycles. The lowest BCUT2D eigenvalue weighted by molar-refractivity contribution is 0.179. The van der Waals surface area contributed by atoms with E-state index in [9.17, 15) is 0 Å². The summed E-state index contributed by atoms with van der Waals surface area (Å²) in [4.78, 5) is 2.67.